The van der Waals surface area contributed by atoms with Gasteiger partial charge in [0, 0.05) is 17.3 Å². The zero-order chi connectivity index (χ0) is 24.3. The van der Waals surface area contributed by atoms with E-state index in [-0.39, 0.29) is 32.4 Å². The van der Waals surface area contributed by atoms with Gasteiger partial charge in [0.05, 0.1) is 16.3 Å². The summed E-state index contributed by atoms with van der Waals surface area (Å²) in [4.78, 5) is 25.7. The summed E-state index contributed by atoms with van der Waals surface area (Å²) in [6.07, 6.45) is -4.84. The van der Waals surface area contributed by atoms with Crippen molar-refractivity contribution >= 4 is 34.8 Å². The molecule has 0 aliphatic carbocycles. The molecule has 2 amide bonds. The number of carbonyl (C=O) groups excluding carboxylic acids is 2. The summed E-state index contributed by atoms with van der Waals surface area (Å²) in [6, 6.07) is 12.1. The molecule has 0 unspecified atom stereocenters. The summed E-state index contributed by atoms with van der Waals surface area (Å²) in [5.41, 5.74) is 0.434. The number of hydrogen-bond acceptors (Lipinski definition) is 3. The fraction of sp³-hybridized carbons (Fsp3) is 0.130. The van der Waals surface area contributed by atoms with Crippen molar-refractivity contribution in [1.82, 2.24) is 4.90 Å². The summed E-state index contributed by atoms with van der Waals surface area (Å²) in [5, 5.41) is 2.36. The van der Waals surface area contributed by atoms with Crippen LogP contribution in [-0.2, 0) is 0 Å². The number of rotatable bonds is 5. The standard InChI is InChI=1S/C23H16ClF5N2O2/c1-13-2-4-14(5-3-13)21(32)31(12-23(27,28)29)22(33)17-8-7-16(11-18(17)24)30-20-9-6-15(25)10-19(20)26/h2-11,30H,12H2,1H3. The lowest BCUT2D eigenvalue weighted by molar-refractivity contribution is -0.136. The maximum absolute atomic E-state index is 13.8. The number of carbonyl (C=O) groups is 2. The van der Waals surface area contributed by atoms with E-state index in [1.165, 1.54) is 36.4 Å². The van der Waals surface area contributed by atoms with Crippen molar-refractivity contribution in [3.63, 3.8) is 0 Å². The Morgan fingerprint density at radius 2 is 1.61 bits per heavy atom. The molecule has 0 atom stereocenters. The van der Waals surface area contributed by atoms with E-state index >= 15 is 0 Å². The minimum absolute atomic E-state index is 0.0681. The Labute approximate surface area is 190 Å². The third kappa shape index (κ3) is 6.07. The van der Waals surface area contributed by atoms with Crippen LogP contribution in [0.15, 0.2) is 60.7 Å². The third-order valence-corrected chi connectivity index (χ3v) is 4.85. The molecule has 3 aromatic carbocycles. The first-order chi connectivity index (χ1) is 15.4. The van der Waals surface area contributed by atoms with E-state index in [0.29, 0.717) is 6.07 Å². The average molecular weight is 483 g/mol. The number of imide groups is 1. The summed E-state index contributed by atoms with van der Waals surface area (Å²) in [6.45, 7) is -0.0737. The van der Waals surface area contributed by atoms with Crippen molar-refractivity contribution in [2.75, 3.05) is 11.9 Å². The highest BCUT2D eigenvalue weighted by molar-refractivity contribution is 6.34. The van der Waals surface area contributed by atoms with Crippen LogP contribution in [0.2, 0.25) is 5.02 Å². The van der Waals surface area contributed by atoms with Gasteiger partial charge in [0.1, 0.15) is 18.2 Å². The quantitative estimate of drug-likeness (QED) is 0.333. The van der Waals surface area contributed by atoms with Gasteiger partial charge in [-0.15, -0.1) is 0 Å². The second kappa shape index (κ2) is 9.58. The highest BCUT2D eigenvalue weighted by Crippen LogP contribution is 2.28. The number of benzene rings is 3. The van der Waals surface area contributed by atoms with Gasteiger partial charge in [-0.25, -0.2) is 8.78 Å². The normalized spacial score (nSPS) is 11.2. The molecule has 0 aliphatic heterocycles. The number of hydrogen-bond donors (Lipinski definition) is 1. The van der Waals surface area contributed by atoms with Crippen LogP contribution >= 0.6 is 11.6 Å². The van der Waals surface area contributed by atoms with Crippen LogP contribution < -0.4 is 5.32 Å². The molecule has 3 aromatic rings. The van der Waals surface area contributed by atoms with Gasteiger partial charge in [-0.2, -0.15) is 13.2 Å². The Bertz CT molecular complexity index is 1200. The van der Waals surface area contributed by atoms with Crippen molar-refractivity contribution in [2.45, 2.75) is 13.1 Å². The molecule has 0 saturated carbocycles. The Balaban J connectivity index is 1.90. The van der Waals surface area contributed by atoms with Crippen LogP contribution in [0.5, 0.6) is 0 Å². The molecule has 172 valence electrons. The first kappa shape index (κ1) is 24.2. The van der Waals surface area contributed by atoms with E-state index in [1.54, 1.807) is 6.92 Å². The number of aryl methyl sites for hydroxylation is 1. The molecule has 0 heterocycles. The van der Waals surface area contributed by atoms with Crippen molar-refractivity contribution < 1.29 is 31.5 Å². The summed E-state index contributed by atoms with van der Waals surface area (Å²) in [5.74, 6) is -4.04. The molecule has 3 rings (SSSR count). The van der Waals surface area contributed by atoms with Gasteiger partial charge in [-0.3, -0.25) is 14.5 Å². The van der Waals surface area contributed by atoms with E-state index in [1.807, 2.05) is 0 Å². The highest BCUT2D eigenvalue weighted by Gasteiger charge is 2.37. The van der Waals surface area contributed by atoms with Gasteiger partial charge in [-0.05, 0) is 49.4 Å². The molecule has 0 bridgehead atoms. The van der Waals surface area contributed by atoms with Crippen LogP contribution in [0.25, 0.3) is 0 Å². The minimum Gasteiger partial charge on any atom is -0.353 e. The molecule has 0 radical (unpaired) electrons. The summed E-state index contributed by atoms with van der Waals surface area (Å²) >= 11 is 6.11. The average Bonchev–Trinajstić information content (AvgIpc) is 2.73. The van der Waals surface area contributed by atoms with Gasteiger partial charge in [-0.1, -0.05) is 29.3 Å². The fourth-order valence-electron chi connectivity index (χ4n) is 2.93. The topological polar surface area (TPSA) is 49.4 Å². The summed E-state index contributed by atoms with van der Waals surface area (Å²) < 4.78 is 66.3. The van der Waals surface area contributed by atoms with Crippen molar-refractivity contribution in [3.8, 4) is 0 Å². The lowest BCUT2D eigenvalue weighted by Gasteiger charge is -2.23. The molecule has 4 nitrogen and oxygen atoms in total. The predicted octanol–water partition coefficient (Wildman–Crippen LogP) is 6.52. The van der Waals surface area contributed by atoms with Gasteiger partial charge in [0.2, 0.25) is 0 Å². The highest BCUT2D eigenvalue weighted by atomic mass is 35.5. The number of amides is 2. The first-order valence-electron chi connectivity index (χ1n) is 9.46. The van der Waals surface area contributed by atoms with Crippen molar-refractivity contribution in [1.29, 1.82) is 0 Å². The maximum atomic E-state index is 13.8. The van der Waals surface area contributed by atoms with E-state index < -0.39 is 36.2 Å². The molecule has 1 N–H and O–H groups in total. The molecule has 0 aromatic heterocycles. The monoisotopic (exact) mass is 482 g/mol. The van der Waals surface area contributed by atoms with Crippen LogP contribution in [0.4, 0.5) is 33.3 Å². The predicted molar refractivity (Wildman–Crippen MR) is 114 cm³/mol. The SMILES string of the molecule is Cc1ccc(C(=O)N(CC(F)(F)F)C(=O)c2ccc(Nc3ccc(F)cc3F)cc2Cl)cc1. The summed E-state index contributed by atoms with van der Waals surface area (Å²) in [7, 11) is 0. The first-order valence-corrected chi connectivity index (χ1v) is 9.83. The number of nitrogens with one attached hydrogen (secondary N) is 1. The van der Waals surface area contributed by atoms with E-state index in [4.69, 9.17) is 11.6 Å². The molecule has 0 fully saturated rings. The third-order valence-electron chi connectivity index (χ3n) is 4.54. The van der Waals surface area contributed by atoms with Gasteiger partial charge < -0.3 is 5.32 Å². The van der Waals surface area contributed by atoms with Gasteiger partial charge >= 0.3 is 6.18 Å². The Morgan fingerprint density at radius 3 is 2.18 bits per heavy atom. The lowest BCUT2D eigenvalue weighted by Crippen LogP contribution is -2.43. The molecular weight excluding hydrogens is 467 g/mol. The van der Waals surface area contributed by atoms with E-state index in [0.717, 1.165) is 23.8 Å². The number of halogens is 6. The van der Waals surface area contributed by atoms with E-state index in [9.17, 15) is 31.5 Å². The molecular formula is C23H16ClF5N2O2. The minimum atomic E-state index is -4.84. The Kier molecular flexibility index (Phi) is 7.02. The number of nitrogens with zero attached hydrogens (tertiary/aromatic N) is 1. The molecule has 10 heteroatoms. The Morgan fingerprint density at radius 1 is 0.939 bits per heavy atom. The zero-order valence-electron chi connectivity index (χ0n) is 17.0. The maximum Gasteiger partial charge on any atom is 0.406 e. The van der Waals surface area contributed by atoms with Crippen LogP contribution in [0, 0.1) is 18.6 Å². The molecule has 0 saturated heterocycles. The van der Waals surface area contributed by atoms with Crippen LogP contribution in [0.3, 0.4) is 0 Å². The van der Waals surface area contributed by atoms with Gasteiger partial charge in [0.25, 0.3) is 11.8 Å². The largest absolute Gasteiger partial charge is 0.406 e. The smallest absolute Gasteiger partial charge is 0.353 e. The van der Waals surface area contributed by atoms with Gasteiger partial charge in [0.15, 0.2) is 0 Å². The zero-order valence-corrected chi connectivity index (χ0v) is 17.8. The fourth-order valence-corrected chi connectivity index (χ4v) is 3.19. The molecule has 0 aliphatic rings. The second-order valence-corrected chi connectivity index (χ2v) is 7.53. The second-order valence-electron chi connectivity index (χ2n) is 7.12. The number of anilines is 2. The number of alkyl halides is 3. The Hall–Kier alpha value is -3.46. The van der Waals surface area contributed by atoms with Crippen LogP contribution in [0.1, 0.15) is 26.3 Å². The lowest BCUT2D eigenvalue weighted by atomic mass is 10.1. The van der Waals surface area contributed by atoms with Crippen molar-refractivity contribution in [3.05, 3.63) is 94.0 Å². The van der Waals surface area contributed by atoms with E-state index in [2.05, 4.69) is 5.32 Å². The van der Waals surface area contributed by atoms with Crippen molar-refractivity contribution in [2.24, 2.45) is 0 Å². The molecule has 33 heavy (non-hydrogen) atoms. The molecule has 0 spiro atoms. The van der Waals surface area contributed by atoms with Crippen LogP contribution in [-0.4, -0.2) is 29.4 Å².